The molecular formula is C23H37FN3O3+. The van der Waals surface area contributed by atoms with Gasteiger partial charge in [-0.05, 0) is 32.1 Å². The predicted molar refractivity (Wildman–Crippen MR) is 114 cm³/mol. The first-order valence-electron chi connectivity index (χ1n) is 11.3. The first-order valence-corrected chi connectivity index (χ1v) is 11.3. The molecule has 6 nitrogen and oxygen atoms in total. The zero-order valence-electron chi connectivity index (χ0n) is 18.3. The lowest BCUT2D eigenvalue weighted by molar-refractivity contribution is -0.871. The van der Waals surface area contributed by atoms with E-state index in [2.05, 4.69) is 24.1 Å². The minimum absolute atomic E-state index is 0.237. The van der Waals surface area contributed by atoms with Crippen LogP contribution < -0.4 is 15.3 Å². The number of nitrogens with zero attached hydrogens (tertiary/aromatic N) is 2. The average molecular weight is 423 g/mol. The van der Waals surface area contributed by atoms with E-state index in [1.54, 1.807) is 0 Å². The lowest BCUT2D eigenvalue weighted by Crippen LogP contribution is -2.47. The molecule has 0 saturated carbocycles. The Morgan fingerprint density at radius 2 is 1.53 bits per heavy atom. The van der Waals surface area contributed by atoms with Crippen molar-refractivity contribution in [1.82, 2.24) is 4.98 Å². The molecule has 0 aliphatic carbocycles. The molecule has 0 aromatic carbocycles. The number of nitrogens with two attached hydrogens (primary N) is 1. The van der Waals surface area contributed by atoms with Crippen molar-refractivity contribution in [2.45, 2.75) is 96.8 Å². The minimum Gasteiger partial charge on any atom is -0.364 e. The highest BCUT2D eigenvalue weighted by molar-refractivity contribution is 5.90. The molecule has 1 aromatic heterocycles. The van der Waals surface area contributed by atoms with Gasteiger partial charge in [-0.25, -0.2) is 9.78 Å². The number of amides is 1. The summed E-state index contributed by atoms with van der Waals surface area (Å²) in [6.45, 7) is 2.24. The SMILES string of the molecule is CCCCCCCC/C=C\CCCCCCCC(=O)O[n+]1cc(F)nc(C(N)=O)c1. The van der Waals surface area contributed by atoms with Crippen LogP contribution in [0.1, 0.15) is 107 Å². The van der Waals surface area contributed by atoms with Gasteiger partial charge in [-0.1, -0.05) is 70.4 Å². The third kappa shape index (κ3) is 13.0. The highest BCUT2D eigenvalue weighted by Gasteiger charge is 2.18. The van der Waals surface area contributed by atoms with Gasteiger partial charge in [0.2, 0.25) is 0 Å². The number of carbonyl (C=O) groups is 2. The minimum atomic E-state index is -0.944. The zero-order chi connectivity index (χ0) is 22.0. The van der Waals surface area contributed by atoms with E-state index in [9.17, 15) is 14.0 Å². The number of carbonyl (C=O) groups excluding carboxylic acids is 2. The van der Waals surface area contributed by atoms with E-state index < -0.39 is 17.8 Å². The first kappa shape index (κ1) is 25.7. The summed E-state index contributed by atoms with van der Waals surface area (Å²) in [5.41, 5.74) is 4.75. The Morgan fingerprint density at radius 3 is 2.13 bits per heavy atom. The highest BCUT2D eigenvalue weighted by Crippen LogP contribution is 2.10. The lowest BCUT2D eigenvalue weighted by Gasteiger charge is -2.00. The average Bonchev–Trinajstić information content (AvgIpc) is 2.70. The second-order valence-electron chi connectivity index (χ2n) is 7.60. The van der Waals surface area contributed by atoms with E-state index in [4.69, 9.17) is 10.6 Å². The van der Waals surface area contributed by atoms with Gasteiger partial charge in [0, 0.05) is 4.73 Å². The fourth-order valence-corrected chi connectivity index (χ4v) is 3.11. The summed E-state index contributed by atoms with van der Waals surface area (Å²) >= 11 is 0. The molecule has 0 unspecified atom stereocenters. The Morgan fingerprint density at radius 1 is 0.967 bits per heavy atom. The van der Waals surface area contributed by atoms with Crippen LogP contribution in [0.5, 0.6) is 0 Å². The molecule has 2 N–H and O–H groups in total. The van der Waals surface area contributed by atoms with Crippen LogP contribution in [0.2, 0.25) is 0 Å². The molecule has 7 heteroatoms. The van der Waals surface area contributed by atoms with Crippen molar-refractivity contribution in [2.24, 2.45) is 5.73 Å². The number of hydrogen-bond donors (Lipinski definition) is 1. The number of halogens is 1. The van der Waals surface area contributed by atoms with E-state index in [1.165, 1.54) is 51.4 Å². The third-order valence-electron chi connectivity index (χ3n) is 4.81. The van der Waals surface area contributed by atoms with Crippen molar-refractivity contribution in [3.63, 3.8) is 0 Å². The second-order valence-corrected chi connectivity index (χ2v) is 7.60. The van der Waals surface area contributed by atoms with Gasteiger partial charge in [0.05, 0.1) is 6.42 Å². The number of aromatic nitrogens is 2. The van der Waals surface area contributed by atoms with E-state index in [0.29, 0.717) is 6.42 Å². The lowest BCUT2D eigenvalue weighted by atomic mass is 10.1. The van der Waals surface area contributed by atoms with Gasteiger partial charge in [0.15, 0.2) is 5.69 Å². The fraction of sp³-hybridized carbons (Fsp3) is 0.652. The summed E-state index contributed by atoms with van der Waals surface area (Å²) in [4.78, 5) is 31.2. The zero-order valence-corrected chi connectivity index (χ0v) is 18.3. The summed E-state index contributed by atoms with van der Waals surface area (Å²) in [6.07, 6.45) is 22.2. The number of primary amides is 1. The Labute approximate surface area is 179 Å². The summed E-state index contributed by atoms with van der Waals surface area (Å²) in [5, 5.41) is 0. The Bertz CT molecular complexity index is 665. The molecule has 0 aliphatic heterocycles. The molecule has 30 heavy (non-hydrogen) atoms. The van der Waals surface area contributed by atoms with Crippen molar-refractivity contribution in [3.05, 3.63) is 36.2 Å². The normalized spacial score (nSPS) is 11.1. The van der Waals surface area contributed by atoms with Crippen molar-refractivity contribution < 1.29 is 23.5 Å². The first-order chi connectivity index (χ1) is 14.5. The summed E-state index contributed by atoms with van der Waals surface area (Å²) in [5.74, 6) is -2.32. The van der Waals surface area contributed by atoms with Crippen molar-refractivity contribution >= 4 is 11.9 Å². The van der Waals surface area contributed by atoms with Crippen molar-refractivity contribution in [2.75, 3.05) is 0 Å². The molecule has 1 heterocycles. The van der Waals surface area contributed by atoms with Gasteiger partial charge >= 0.3 is 5.97 Å². The third-order valence-corrected chi connectivity index (χ3v) is 4.81. The van der Waals surface area contributed by atoms with Crippen molar-refractivity contribution in [1.29, 1.82) is 0 Å². The van der Waals surface area contributed by atoms with Gasteiger partial charge in [0.1, 0.15) is 0 Å². The molecule has 0 bridgehead atoms. The topological polar surface area (TPSA) is 86.2 Å². The molecule has 0 fully saturated rings. The molecule has 168 valence electrons. The van der Waals surface area contributed by atoms with Crippen LogP contribution in [0.25, 0.3) is 0 Å². The monoisotopic (exact) mass is 422 g/mol. The van der Waals surface area contributed by atoms with Gasteiger partial charge in [0.25, 0.3) is 24.2 Å². The van der Waals surface area contributed by atoms with Crippen LogP contribution in [0.3, 0.4) is 0 Å². The van der Waals surface area contributed by atoms with E-state index in [1.807, 2.05) is 0 Å². The van der Waals surface area contributed by atoms with Crippen LogP contribution in [0.15, 0.2) is 24.5 Å². The number of hydrogen-bond acceptors (Lipinski definition) is 4. The Kier molecular flexibility index (Phi) is 14.1. The maximum atomic E-state index is 13.3. The summed E-state index contributed by atoms with van der Waals surface area (Å²) in [7, 11) is 0. The molecule has 0 aliphatic rings. The largest absolute Gasteiger partial charge is 0.380 e. The standard InChI is InChI=1S/C23H36FN3O3/c1-2-3-4-5-6-7-8-9-10-11-12-13-14-15-16-17-22(28)30-27-18-20(23(25)29)26-21(24)19-27/h9-10,18-19H,2-8,11-17H2,1H3,(H-,25,29)/p+1/b10-9-. The highest BCUT2D eigenvalue weighted by atomic mass is 19.1. The predicted octanol–water partition coefficient (Wildman–Crippen LogP) is 4.60. The molecule has 1 rings (SSSR count). The molecular weight excluding hydrogens is 385 g/mol. The molecule has 1 aromatic rings. The smallest absolute Gasteiger partial charge is 0.364 e. The van der Waals surface area contributed by atoms with Gasteiger partial charge in [-0.2, -0.15) is 9.23 Å². The number of rotatable bonds is 17. The van der Waals surface area contributed by atoms with Crippen LogP contribution >= 0.6 is 0 Å². The molecule has 0 saturated heterocycles. The maximum absolute atomic E-state index is 13.3. The summed E-state index contributed by atoms with van der Waals surface area (Å²) in [6, 6.07) is 0. The van der Waals surface area contributed by atoms with Crippen LogP contribution in [-0.2, 0) is 4.79 Å². The van der Waals surface area contributed by atoms with E-state index in [-0.39, 0.29) is 12.1 Å². The fourth-order valence-electron chi connectivity index (χ4n) is 3.11. The maximum Gasteiger partial charge on any atom is 0.380 e. The molecule has 0 atom stereocenters. The molecule has 1 amide bonds. The van der Waals surface area contributed by atoms with E-state index >= 15 is 0 Å². The van der Waals surface area contributed by atoms with Gasteiger partial charge in [-0.3, -0.25) is 4.79 Å². The van der Waals surface area contributed by atoms with Gasteiger partial charge < -0.3 is 5.73 Å². The van der Waals surface area contributed by atoms with Gasteiger partial charge in [-0.15, -0.1) is 0 Å². The number of unbranched alkanes of at least 4 members (excludes halogenated alkanes) is 11. The van der Waals surface area contributed by atoms with Crippen molar-refractivity contribution in [3.8, 4) is 0 Å². The van der Waals surface area contributed by atoms with Crippen LogP contribution in [-0.4, -0.2) is 16.9 Å². The van der Waals surface area contributed by atoms with E-state index in [0.717, 1.165) is 42.8 Å². The Balaban J connectivity index is 2.01. The summed E-state index contributed by atoms with van der Waals surface area (Å²) < 4.78 is 14.1. The van der Waals surface area contributed by atoms with Crippen LogP contribution in [0.4, 0.5) is 4.39 Å². The molecule has 0 spiro atoms. The number of allylic oxidation sites excluding steroid dienone is 2. The second kappa shape index (κ2) is 16.5. The van der Waals surface area contributed by atoms with Crippen LogP contribution in [0, 0.1) is 5.95 Å². The quantitative estimate of drug-likeness (QED) is 0.226. The Hall–Kier alpha value is -2.31. The molecule has 0 radical (unpaired) electrons.